The van der Waals surface area contributed by atoms with Gasteiger partial charge in [-0.3, -0.25) is 0 Å². The molecular formula is C72H53N. The minimum Gasteiger partial charge on any atom is -0.310 e. The number of hydrogen-bond acceptors (Lipinski definition) is 1. The van der Waals surface area contributed by atoms with Crippen LogP contribution >= 0.6 is 0 Å². The van der Waals surface area contributed by atoms with Crippen molar-refractivity contribution in [3.8, 4) is 55.6 Å². The van der Waals surface area contributed by atoms with Crippen molar-refractivity contribution in [1.29, 1.82) is 0 Å². The van der Waals surface area contributed by atoms with E-state index in [1.807, 2.05) is 12.2 Å². The number of allylic oxidation sites excluding steroid dienone is 8. The summed E-state index contributed by atoms with van der Waals surface area (Å²) < 4.78 is 0. The third-order valence-corrected chi connectivity index (χ3v) is 15.6. The highest BCUT2D eigenvalue weighted by Gasteiger charge is 2.46. The molecule has 0 bridgehead atoms. The molecule has 0 saturated heterocycles. The van der Waals surface area contributed by atoms with Crippen LogP contribution in [0.3, 0.4) is 0 Å². The molecule has 1 unspecified atom stereocenters. The molecule has 10 aromatic rings. The minimum absolute atomic E-state index is 0.615. The highest BCUT2D eigenvalue weighted by Crippen LogP contribution is 2.58. The van der Waals surface area contributed by atoms with Crippen LogP contribution in [0.2, 0.25) is 0 Å². The molecule has 0 radical (unpaired) electrons. The molecular weight excluding hydrogens is 879 g/mol. The van der Waals surface area contributed by atoms with Gasteiger partial charge in [0.1, 0.15) is 0 Å². The summed E-state index contributed by atoms with van der Waals surface area (Å²) in [6, 6.07) is 83.3. The topological polar surface area (TPSA) is 3.24 Å². The summed E-state index contributed by atoms with van der Waals surface area (Å²) in [6.07, 6.45) is 16.1. The molecule has 0 heterocycles. The molecule has 0 amide bonds. The van der Waals surface area contributed by atoms with E-state index in [1.165, 1.54) is 105 Å². The van der Waals surface area contributed by atoms with Crippen LogP contribution in [0, 0.1) is 0 Å². The summed E-state index contributed by atoms with van der Waals surface area (Å²) in [5, 5.41) is 2.38. The van der Waals surface area contributed by atoms with Crippen LogP contribution in [0.5, 0.6) is 0 Å². The van der Waals surface area contributed by atoms with Gasteiger partial charge in [-0.2, -0.15) is 0 Å². The normalized spacial score (nSPS) is 15.2. The molecule has 0 saturated carbocycles. The zero-order valence-electron chi connectivity index (χ0n) is 40.8. The van der Waals surface area contributed by atoms with Gasteiger partial charge in [-0.25, -0.2) is 0 Å². The molecule has 0 fully saturated rings. The summed E-state index contributed by atoms with van der Waals surface area (Å²) in [7, 11) is 0. The monoisotopic (exact) mass is 931 g/mol. The fourth-order valence-electron chi connectivity index (χ4n) is 12.3. The molecule has 73 heavy (non-hydrogen) atoms. The van der Waals surface area contributed by atoms with Gasteiger partial charge in [0.15, 0.2) is 0 Å². The van der Waals surface area contributed by atoms with Gasteiger partial charge in [0.2, 0.25) is 0 Å². The molecule has 0 spiro atoms. The number of rotatable bonds is 11. The molecule has 13 rings (SSSR count). The number of anilines is 3. The van der Waals surface area contributed by atoms with E-state index < -0.39 is 5.41 Å². The largest absolute Gasteiger partial charge is 0.310 e. The molecule has 10 aromatic carbocycles. The lowest BCUT2D eigenvalue weighted by atomic mass is 9.66. The van der Waals surface area contributed by atoms with Crippen molar-refractivity contribution in [2.75, 3.05) is 4.90 Å². The maximum atomic E-state index is 4.45. The lowest BCUT2D eigenvalue weighted by Gasteiger charge is -2.35. The molecule has 0 N–H and O–H groups in total. The molecule has 0 aromatic heterocycles. The Bertz CT molecular complexity index is 3880. The highest BCUT2D eigenvalue weighted by molar-refractivity contribution is 6.07. The van der Waals surface area contributed by atoms with Crippen molar-refractivity contribution < 1.29 is 0 Å². The second-order valence-electron chi connectivity index (χ2n) is 19.5. The number of benzene rings is 10. The van der Waals surface area contributed by atoms with Crippen molar-refractivity contribution in [3.63, 3.8) is 0 Å². The lowest BCUT2D eigenvalue weighted by Crippen LogP contribution is -2.29. The zero-order valence-corrected chi connectivity index (χ0v) is 40.8. The Hall–Kier alpha value is -9.04. The van der Waals surface area contributed by atoms with Crippen LogP contribution in [0.4, 0.5) is 17.1 Å². The molecule has 0 aliphatic heterocycles. The Morgan fingerprint density at radius 1 is 0.452 bits per heavy atom. The van der Waals surface area contributed by atoms with Crippen LogP contribution in [-0.2, 0) is 11.8 Å². The predicted octanol–water partition coefficient (Wildman–Crippen LogP) is 19.2. The third-order valence-electron chi connectivity index (χ3n) is 15.6. The summed E-state index contributed by atoms with van der Waals surface area (Å²) in [5.41, 5.74) is 25.2. The van der Waals surface area contributed by atoms with E-state index in [9.17, 15) is 0 Å². The van der Waals surface area contributed by atoms with Crippen LogP contribution in [-0.4, -0.2) is 0 Å². The van der Waals surface area contributed by atoms with Gasteiger partial charge in [0.05, 0.1) is 11.1 Å². The van der Waals surface area contributed by atoms with Gasteiger partial charge >= 0.3 is 0 Å². The van der Waals surface area contributed by atoms with Gasteiger partial charge < -0.3 is 4.90 Å². The van der Waals surface area contributed by atoms with Crippen LogP contribution in [0.1, 0.15) is 46.2 Å². The molecule has 1 atom stereocenters. The number of nitrogens with zero attached hydrogens (tertiary/aromatic N) is 1. The average molecular weight is 932 g/mol. The summed E-state index contributed by atoms with van der Waals surface area (Å²) in [4.78, 5) is 2.42. The Morgan fingerprint density at radius 2 is 1.08 bits per heavy atom. The number of hydrogen-bond donors (Lipinski definition) is 0. The average Bonchev–Trinajstić information content (AvgIpc) is 3.99. The summed E-state index contributed by atoms with van der Waals surface area (Å²) >= 11 is 0. The molecule has 3 aliphatic carbocycles. The van der Waals surface area contributed by atoms with E-state index >= 15 is 0 Å². The van der Waals surface area contributed by atoms with E-state index in [-0.39, 0.29) is 0 Å². The van der Waals surface area contributed by atoms with Gasteiger partial charge in [-0.05, 0) is 161 Å². The Labute approximate surface area is 429 Å². The van der Waals surface area contributed by atoms with E-state index in [4.69, 9.17) is 0 Å². The first-order chi connectivity index (χ1) is 36.1. The minimum atomic E-state index is -0.615. The maximum Gasteiger partial charge on any atom is 0.0713 e. The standard InChI is InChI=1S/C72H53N/c1-3-18-56(4-2)72(57-38-31-53(32-39-57)60-28-17-29-64-61-24-12-11-23-54(61)47-67(60)64)69-30-16-15-26-65(69)68-48-55(37-45-70(68)72)62-44-46-71(66-27-14-13-25-63(62)66)73(58-40-33-51(34-41-58)49-19-7-5-8-20-49)59-42-35-52(36-43-59)50-21-9-6-10-22-50/h3-5,7-9,11-46,48H,1-2,6,10,47H2/b56-18+. The summed E-state index contributed by atoms with van der Waals surface area (Å²) in [5.74, 6) is 0. The molecule has 1 heteroatoms. The van der Waals surface area contributed by atoms with E-state index in [2.05, 4.69) is 267 Å². The van der Waals surface area contributed by atoms with Gasteiger partial charge in [0, 0.05) is 16.8 Å². The third kappa shape index (κ3) is 7.31. The first kappa shape index (κ1) is 43.9. The van der Waals surface area contributed by atoms with E-state index in [0.29, 0.717) is 0 Å². The highest BCUT2D eigenvalue weighted by atomic mass is 15.1. The molecule has 346 valence electrons. The lowest BCUT2D eigenvalue weighted by molar-refractivity contribution is 0.768. The molecule has 3 aliphatic rings. The zero-order chi connectivity index (χ0) is 48.9. The van der Waals surface area contributed by atoms with Gasteiger partial charge in [0.25, 0.3) is 0 Å². The van der Waals surface area contributed by atoms with Crippen molar-refractivity contribution in [2.45, 2.75) is 24.7 Å². The van der Waals surface area contributed by atoms with E-state index in [0.717, 1.165) is 41.9 Å². The second-order valence-corrected chi connectivity index (χ2v) is 19.5. The van der Waals surface area contributed by atoms with Crippen LogP contribution in [0.25, 0.3) is 72.0 Å². The maximum absolute atomic E-state index is 4.45. The predicted molar refractivity (Wildman–Crippen MR) is 310 cm³/mol. The van der Waals surface area contributed by atoms with Crippen LogP contribution < -0.4 is 4.90 Å². The fourth-order valence-corrected chi connectivity index (χ4v) is 12.3. The summed E-state index contributed by atoms with van der Waals surface area (Å²) in [6.45, 7) is 8.66. The van der Waals surface area contributed by atoms with Crippen molar-refractivity contribution in [1.82, 2.24) is 0 Å². The van der Waals surface area contributed by atoms with Gasteiger partial charge in [-0.15, -0.1) is 0 Å². The quantitative estimate of drug-likeness (QED) is 0.117. The smallest absolute Gasteiger partial charge is 0.0713 e. The van der Waals surface area contributed by atoms with Gasteiger partial charge in [-0.1, -0.05) is 238 Å². The number of fused-ring (bicyclic) bond motifs is 7. The Balaban J connectivity index is 0.930. The second kappa shape index (κ2) is 18.3. The van der Waals surface area contributed by atoms with Crippen LogP contribution in [0.15, 0.2) is 280 Å². The SMILES string of the molecule is C=C/C=C(\C=C)C1(c2ccc(-c3cccc4c3Cc3ccccc3-4)cc2)c2ccccc2-c2cc(-c3ccc(N(c4ccc(C5=CCCC=C5)cc4)c4ccc(-c5ccccc5)cc4)c4ccccc34)ccc21. The first-order valence-electron chi connectivity index (χ1n) is 25.6. The van der Waals surface area contributed by atoms with Crippen molar-refractivity contribution >= 4 is 33.4 Å². The molecule has 1 nitrogen and oxygen atoms in total. The van der Waals surface area contributed by atoms with Crippen molar-refractivity contribution in [2.24, 2.45) is 0 Å². The fraction of sp³-hybridized carbons (Fsp3) is 0.0556. The van der Waals surface area contributed by atoms with Crippen molar-refractivity contribution in [3.05, 3.63) is 313 Å². The Kier molecular flexibility index (Phi) is 11.0. The van der Waals surface area contributed by atoms with E-state index in [1.54, 1.807) is 0 Å². The first-order valence-corrected chi connectivity index (χ1v) is 25.6. The Morgan fingerprint density at radius 3 is 1.84 bits per heavy atom.